The van der Waals surface area contributed by atoms with Crippen LogP contribution in [-0.4, -0.2) is 19.1 Å². The van der Waals surface area contributed by atoms with Crippen molar-refractivity contribution in [3.63, 3.8) is 0 Å². The molecule has 0 saturated carbocycles. The number of hydrogen-bond donors (Lipinski definition) is 2. The Hall–Kier alpha value is -1.02. The molecule has 0 aliphatic heterocycles. The van der Waals surface area contributed by atoms with Crippen LogP contribution in [0.2, 0.25) is 0 Å². The summed E-state index contributed by atoms with van der Waals surface area (Å²) in [5.74, 6) is 0. The molecule has 1 aromatic rings. The van der Waals surface area contributed by atoms with E-state index < -0.39 is 0 Å². The summed E-state index contributed by atoms with van der Waals surface area (Å²) in [6.07, 6.45) is 1.19. The minimum atomic E-state index is 0.616. The van der Waals surface area contributed by atoms with Crippen molar-refractivity contribution in [3.05, 3.63) is 29.8 Å². The van der Waals surface area contributed by atoms with Crippen LogP contribution in [0.1, 0.15) is 25.8 Å². The molecule has 1 aromatic carbocycles. The Morgan fingerprint density at radius 1 is 1.13 bits per heavy atom. The first kappa shape index (κ1) is 12.1. The Morgan fingerprint density at radius 2 is 1.80 bits per heavy atom. The van der Waals surface area contributed by atoms with Crippen LogP contribution >= 0.6 is 0 Å². The molecule has 1 atom stereocenters. The van der Waals surface area contributed by atoms with E-state index in [1.807, 2.05) is 0 Å². The van der Waals surface area contributed by atoms with Crippen LogP contribution in [0.25, 0.3) is 0 Å². The van der Waals surface area contributed by atoms with Gasteiger partial charge in [0.15, 0.2) is 0 Å². The Bertz CT molecular complexity index is 266. The standard InChI is InChI=1S/C13H22N2/c1-4-12(3)14-9-10-15-13-7-5-11(2)6-8-13/h5-8,12,14-15H,4,9-10H2,1-3H3. The summed E-state index contributed by atoms with van der Waals surface area (Å²) in [7, 11) is 0. The van der Waals surface area contributed by atoms with Crippen LogP contribution in [0.3, 0.4) is 0 Å². The fraction of sp³-hybridized carbons (Fsp3) is 0.538. The third kappa shape index (κ3) is 4.84. The number of anilines is 1. The van der Waals surface area contributed by atoms with Crippen LogP contribution in [0.4, 0.5) is 5.69 Å². The van der Waals surface area contributed by atoms with Gasteiger partial charge in [-0.15, -0.1) is 0 Å². The first-order valence-corrected chi connectivity index (χ1v) is 5.76. The molecular weight excluding hydrogens is 184 g/mol. The lowest BCUT2D eigenvalue weighted by atomic mass is 10.2. The second kappa shape index (κ2) is 6.46. The molecule has 2 N–H and O–H groups in total. The summed E-state index contributed by atoms with van der Waals surface area (Å²) in [6, 6.07) is 9.12. The van der Waals surface area contributed by atoms with E-state index in [9.17, 15) is 0 Å². The molecule has 0 spiro atoms. The summed E-state index contributed by atoms with van der Waals surface area (Å²) in [5.41, 5.74) is 2.50. The third-order valence-electron chi connectivity index (χ3n) is 2.61. The third-order valence-corrected chi connectivity index (χ3v) is 2.61. The van der Waals surface area contributed by atoms with E-state index in [2.05, 4.69) is 55.7 Å². The van der Waals surface area contributed by atoms with Crippen LogP contribution < -0.4 is 10.6 Å². The molecule has 0 amide bonds. The molecule has 84 valence electrons. The molecule has 2 heteroatoms. The van der Waals surface area contributed by atoms with Gasteiger partial charge < -0.3 is 10.6 Å². The van der Waals surface area contributed by atoms with E-state index >= 15 is 0 Å². The number of rotatable bonds is 6. The highest BCUT2D eigenvalue weighted by atomic mass is 15.0. The minimum absolute atomic E-state index is 0.616. The van der Waals surface area contributed by atoms with Crippen molar-refractivity contribution in [1.82, 2.24) is 5.32 Å². The zero-order chi connectivity index (χ0) is 11.1. The predicted octanol–water partition coefficient (Wildman–Crippen LogP) is 2.80. The van der Waals surface area contributed by atoms with Crippen molar-refractivity contribution in [3.8, 4) is 0 Å². The number of benzene rings is 1. The van der Waals surface area contributed by atoms with Gasteiger partial charge in [0.2, 0.25) is 0 Å². The summed E-state index contributed by atoms with van der Waals surface area (Å²) in [5, 5.41) is 6.84. The highest BCUT2D eigenvalue weighted by Gasteiger charge is 1.95. The molecule has 15 heavy (non-hydrogen) atoms. The van der Waals surface area contributed by atoms with E-state index in [4.69, 9.17) is 0 Å². The van der Waals surface area contributed by atoms with Gasteiger partial charge in [-0.05, 0) is 32.4 Å². The van der Waals surface area contributed by atoms with Crippen LogP contribution in [0.15, 0.2) is 24.3 Å². The Kier molecular flexibility index (Phi) is 5.19. The largest absolute Gasteiger partial charge is 0.384 e. The lowest BCUT2D eigenvalue weighted by molar-refractivity contribution is 0.546. The van der Waals surface area contributed by atoms with Crippen LogP contribution in [0, 0.1) is 6.92 Å². The maximum absolute atomic E-state index is 3.45. The second-order valence-electron chi connectivity index (χ2n) is 4.06. The molecule has 0 saturated heterocycles. The lowest BCUT2D eigenvalue weighted by Crippen LogP contribution is -2.30. The topological polar surface area (TPSA) is 24.1 Å². The maximum atomic E-state index is 3.45. The molecular formula is C13H22N2. The summed E-state index contributed by atoms with van der Waals surface area (Å²) >= 11 is 0. The SMILES string of the molecule is CCC(C)NCCNc1ccc(C)cc1. The Balaban J connectivity index is 2.17. The van der Waals surface area contributed by atoms with E-state index in [1.165, 1.54) is 17.7 Å². The van der Waals surface area contributed by atoms with Crippen molar-refractivity contribution in [1.29, 1.82) is 0 Å². The average molecular weight is 206 g/mol. The predicted molar refractivity (Wildman–Crippen MR) is 67.4 cm³/mol. The lowest BCUT2D eigenvalue weighted by Gasteiger charge is -2.12. The van der Waals surface area contributed by atoms with E-state index in [-0.39, 0.29) is 0 Å². The van der Waals surface area contributed by atoms with Gasteiger partial charge in [-0.2, -0.15) is 0 Å². The average Bonchev–Trinajstić information content (AvgIpc) is 2.26. The molecule has 0 bridgehead atoms. The molecule has 0 aliphatic rings. The van der Waals surface area contributed by atoms with Crippen molar-refractivity contribution in [2.24, 2.45) is 0 Å². The van der Waals surface area contributed by atoms with E-state index in [0.29, 0.717) is 6.04 Å². The number of nitrogens with one attached hydrogen (secondary N) is 2. The zero-order valence-corrected chi connectivity index (χ0v) is 10.0. The summed E-state index contributed by atoms with van der Waals surface area (Å²) in [4.78, 5) is 0. The molecule has 0 aliphatic carbocycles. The van der Waals surface area contributed by atoms with Gasteiger partial charge in [-0.25, -0.2) is 0 Å². The van der Waals surface area contributed by atoms with Crippen molar-refractivity contribution in [2.45, 2.75) is 33.2 Å². The quantitative estimate of drug-likeness (QED) is 0.699. The van der Waals surface area contributed by atoms with Crippen LogP contribution in [-0.2, 0) is 0 Å². The number of aryl methyl sites for hydroxylation is 1. The molecule has 0 heterocycles. The maximum Gasteiger partial charge on any atom is 0.0340 e. The van der Waals surface area contributed by atoms with Gasteiger partial charge in [-0.3, -0.25) is 0 Å². The number of hydrogen-bond acceptors (Lipinski definition) is 2. The summed E-state index contributed by atoms with van der Waals surface area (Å²) in [6.45, 7) is 8.52. The second-order valence-corrected chi connectivity index (χ2v) is 4.06. The Labute approximate surface area is 93.1 Å². The normalized spacial score (nSPS) is 12.5. The van der Waals surface area contributed by atoms with Gasteiger partial charge in [-0.1, -0.05) is 24.6 Å². The van der Waals surface area contributed by atoms with Crippen LogP contribution in [0.5, 0.6) is 0 Å². The fourth-order valence-corrected chi connectivity index (χ4v) is 1.34. The highest BCUT2D eigenvalue weighted by Crippen LogP contribution is 2.07. The Morgan fingerprint density at radius 3 is 2.40 bits per heavy atom. The van der Waals surface area contributed by atoms with E-state index in [1.54, 1.807) is 0 Å². The molecule has 0 aromatic heterocycles. The first-order valence-electron chi connectivity index (χ1n) is 5.76. The van der Waals surface area contributed by atoms with Gasteiger partial charge >= 0.3 is 0 Å². The highest BCUT2D eigenvalue weighted by molar-refractivity contribution is 5.44. The zero-order valence-electron chi connectivity index (χ0n) is 10.0. The monoisotopic (exact) mass is 206 g/mol. The summed E-state index contributed by atoms with van der Waals surface area (Å²) < 4.78 is 0. The van der Waals surface area contributed by atoms with Crippen molar-refractivity contribution in [2.75, 3.05) is 18.4 Å². The van der Waals surface area contributed by atoms with Crippen molar-refractivity contribution < 1.29 is 0 Å². The van der Waals surface area contributed by atoms with Gasteiger partial charge in [0.1, 0.15) is 0 Å². The fourth-order valence-electron chi connectivity index (χ4n) is 1.34. The smallest absolute Gasteiger partial charge is 0.0340 e. The molecule has 1 rings (SSSR count). The molecule has 1 unspecified atom stereocenters. The van der Waals surface area contributed by atoms with Gasteiger partial charge in [0.05, 0.1) is 0 Å². The molecule has 2 nitrogen and oxygen atoms in total. The minimum Gasteiger partial charge on any atom is -0.384 e. The first-order chi connectivity index (χ1) is 7.22. The molecule has 0 fully saturated rings. The molecule has 0 radical (unpaired) electrons. The van der Waals surface area contributed by atoms with Crippen molar-refractivity contribution >= 4 is 5.69 Å². The van der Waals surface area contributed by atoms with E-state index in [0.717, 1.165) is 13.1 Å². The van der Waals surface area contributed by atoms with Gasteiger partial charge in [0, 0.05) is 24.8 Å². The van der Waals surface area contributed by atoms with Gasteiger partial charge in [0.25, 0.3) is 0 Å².